The Morgan fingerprint density at radius 2 is 1.94 bits per heavy atom. The van der Waals surface area contributed by atoms with Gasteiger partial charge in [-0.25, -0.2) is 0 Å². The summed E-state index contributed by atoms with van der Waals surface area (Å²) >= 11 is 0. The molecule has 0 aromatic rings. The van der Waals surface area contributed by atoms with Crippen LogP contribution in [-0.4, -0.2) is 38.5 Å². The third-order valence-corrected chi connectivity index (χ3v) is 3.82. The molecule has 0 radical (unpaired) electrons. The largest absolute Gasteiger partial charge is 0.380 e. The van der Waals surface area contributed by atoms with E-state index < -0.39 is 0 Å². The van der Waals surface area contributed by atoms with Crippen LogP contribution >= 0.6 is 0 Å². The Labute approximate surface area is 105 Å². The fourth-order valence-electron chi connectivity index (χ4n) is 2.76. The smallest absolute Gasteiger partial charge is 0.0619 e. The molecule has 3 nitrogen and oxygen atoms in total. The van der Waals surface area contributed by atoms with E-state index in [1.165, 1.54) is 44.9 Å². The Morgan fingerprint density at radius 1 is 1.06 bits per heavy atom. The summed E-state index contributed by atoms with van der Waals surface area (Å²) in [6, 6.07) is 0.582. The summed E-state index contributed by atoms with van der Waals surface area (Å²) in [5, 5.41) is 3.55. The minimum Gasteiger partial charge on any atom is -0.380 e. The van der Waals surface area contributed by atoms with Gasteiger partial charge in [-0.15, -0.1) is 0 Å². The van der Waals surface area contributed by atoms with Gasteiger partial charge < -0.3 is 14.8 Å². The van der Waals surface area contributed by atoms with E-state index in [0.29, 0.717) is 12.1 Å². The van der Waals surface area contributed by atoms with Crippen molar-refractivity contribution in [2.24, 2.45) is 0 Å². The standard InChI is InChI=1S/C14H27NO2/c1-2-7-14(8-3-1)17-11-5-9-15-13-6-4-10-16-12-13/h13-15H,1-12H2/t13-/m1/s1. The van der Waals surface area contributed by atoms with Crippen molar-refractivity contribution in [1.29, 1.82) is 0 Å². The van der Waals surface area contributed by atoms with Crippen molar-refractivity contribution in [1.82, 2.24) is 5.32 Å². The molecule has 1 aliphatic heterocycles. The van der Waals surface area contributed by atoms with Gasteiger partial charge in [0.2, 0.25) is 0 Å². The predicted molar refractivity (Wildman–Crippen MR) is 69.3 cm³/mol. The number of hydrogen-bond acceptors (Lipinski definition) is 3. The second kappa shape index (κ2) is 8.06. The Kier molecular flexibility index (Phi) is 6.32. The van der Waals surface area contributed by atoms with Crippen LogP contribution in [0.15, 0.2) is 0 Å². The summed E-state index contributed by atoms with van der Waals surface area (Å²) in [5.41, 5.74) is 0. The zero-order valence-electron chi connectivity index (χ0n) is 11.0. The van der Waals surface area contributed by atoms with Gasteiger partial charge in [0, 0.05) is 19.3 Å². The lowest BCUT2D eigenvalue weighted by molar-refractivity contribution is 0.0255. The molecule has 17 heavy (non-hydrogen) atoms. The van der Waals surface area contributed by atoms with Gasteiger partial charge in [-0.2, -0.15) is 0 Å². The van der Waals surface area contributed by atoms with E-state index in [2.05, 4.69) is 5.32 Å². The summed E-state index contributed by atoms with van der Waals surface area (Å²) in [5.74, 6) is 0. The van der Waals surface area contributed by atoms with Gasteiger partial charge in [0.05, 0.1) is 12.7 Å². The van der Waals surface area contributed by atoms with Crippen molar-refractivity contribution in [2.45, 2.75) is 63.5 Å². The zero-order valence-corrected chi connectivity index (χ0v) is 11.0. The quantitative estimate of drug-likeness (QED) is 0.725. The minimum absolute atomic E-state index is 0.557. The number of rotatable bonds is 6. The Hall–Kier alpha value is -0.120. The first-order valence-corrected chi connectivity index (χ1v) is 7.38. The van der Waals surface area contributed by atoms with E-state index in [9.17, 15) is 0 Å². The summed E-state index contributed by atoms with van der Waals surface area (Å²) in [6.45, 7) is 3.83. The van der Waals surface area contributed by atoms with Gasteiger partial charge in [0.15, 0.2) is 0 Å². The van der Waals surface area contributed by atoms with Crippen molar-refractivity contribution in [3.63, 3.8) is 0 Å². The molecular weight excluding hydrogens is 214 g/mol. The molecule has 2 rings (SSSR count). The topological polar surface area (TPSA) is 30.5 Å². The normalized spacial score (nSPS) is 27.2. The lowest BCUT2D eigenvalue weighted by Crippen LogP contribution is -2.37. The summed E-state index contributed by atoms with van der Waals surface area (Å²) in [4.78, 5) is 0. The molecule has 2 aliphatic rings. The van der Waals surface area contributed by atoms with Crippen molar-refractivity contribution in [3.8, 4) is 0 Å². The fourth-order valence-corrected chi connectivity index (χ4v) is 2.76. The first-order valence-electron chi connectivity index (χ1n) is 7.38. The molecule has 2 fully saturated rings. The molecule has 0 aromatic carbocycles. The highest BCUT2D eigenvalue weighted by molar-refractivity contribution is 4.70. The van der Waals surface area contributed by atoms with Gasteiger partial charge >= 0.3 is 0 Å². The lowest BCUT2D eigenvalue weighted by atomic mass is 9.98. The van der Waals surface area contributed by atoms with E-state index >= 15 is 0 Å². The maximum atomic E-state index is 5.90. The van der Waals surface area contributed by atoms with Crippen LogP contribution in [0.2, 0.25) is 0 Å². The van der Waals surface area contributed by atoms with Gasteiger partial charge in [-0.1, -0.05) is 19.3 Å². The molecule has 0 unspecified atom stereocenters. The van der Waals surface area contributed by atoms with Crippen LogP contribution < -0.4 is 5.32 Å². The zero-order chi connectivity index (χ0) is 11.8. The molecule has 0 spiro atoms. The molecular formula is C14H27NO2. The monoisotopic (exact) mass is 241 g/mol. The van der Waals surface area contributed by atoms with Crippen molar-refractivity contribution >= 4 is 0 Å². The lowest BCUT2D eigenvalue weighted by Gasteiger charge is -2.24. The van der Waals surface area contributed by atoms with E-state index in [1.807, 2.05) is 0 Å². The van der Waals surface area contributed by atoms with Gasteiger partial charge in [0.25, 0.3) is 0 Å². The molecule has 1 N–H and O–H groups in total. The summed E-state index contributed by atoms with van der Waals surface area (Å²) in [6.07, 6.45) is 10.9. The average Bonchev–Trinajstić information content (AvgIpc) is 2.41. The third-order valence-electron chi connectivity index (χ3n) is 3.82. The SMILES string of the molecule is C1CCC(OCCCN[C@@H]2CCCOC2)CC1. The van der Waals surface area contributed by atoms with Gasteiger partial charge in [0.1, 0.15) is 0 Å². The average molecular weight is 241 g/mol. The molecule has 1 heterocycles. The highest BCUT2D eigenvalue weighted by Crippen LogP contribution is 2.20. The molecule has 0 aromatic heterocycles. The fraction of sp³-hybridized carbons (Fsp3) is 1.00. The van der Waals surface area contributed by atoms with E-state index in [0.717, 1.165) is 32.8 Å². The number of hydrogen-bond donors (Lipinski definition) is 1. The van der Waals surface area contributed by atoms with Crippen molar-refractivity contribution in [2.75, 3.05) is 26.4 Å². The summed E-state index contributed by atoms with van der Waals surface area (Å²) < 4.78 is 11.3. The summed E-state index contributed by atoms with van der Waals surface area (Å²) in [7, 11) is 0. The van der Waals surface area contributed by atoms with Crippen LogP contribution in [-0.2, 0) is 9.47 Å². The second-order valence-corrected chi connectivity index (χ2v) is 5.35. The molecule has 1 saturated carbocycles. The van der Waals surface area contributed by atoms with Crippen molar-refractivity contribution in [3.05, 3.63) is 0 Å². The van der Waals surface area contributed by atoms with Crippen LogP contribution in [0.4, 0.5) is 0 Å². The van der Waals surface area contributed by atoms with Crippen LogP contribution in [0.5, 0.6) is 0 Å². The highest BCUT2D eigenvalue weighted by atomic mass is 16.5. The Bertz CT molecular complexity index is 167. The number of nitrogens with one attached hydrogen (secondary N) is 1. The maximum Gasteiger partial charge on any atom is 0.0619 e. The molecule has 0 amide bonds. The molecule has 1 aliphatic carbocycles. The van der Waals surface area contributed by atoms with Gasteiger partial charge in [-0.3, -0.25) is 0 Å². The maximum absolute atomic E-state index is 5.90. The van der Waals surface area contributed by atoms with E-state index in [-0.39, 0.29) is 0 Å². The van der Waals surface area contributed by atoms with Crippen LogP contribution in [0.1, 0.15) is 51.4 Å². The number of ether oxygens (including phenoxy) is 2. The predicted octanol–water partition coefficient (Wildman–Crippen LogP) is 2.49. The Balaban J connectivity index is 1.42. The molecule has 100 valence electrons. The third kappa shape index (κ3) is 5.36. The molecule has 3 heteroatoms. The Morgan fingerprint density at radius 3 is 2.71 bits per heavy atom. The highest BCUT2D eigenvalue weighted by Gasteiger charge is 2.14. The van der Waals surface area contributed by atoms with Crippen LogP contribution in [0.25, 0.3) is 0 Å². The van der Waals surface area contributed by atoms with Crippen LogP contribution in [0, 0.1) is 0 Å². The van der Waals surface area contributed by atoms with Crippen molar-refractivity contribution < 1.29 is 9.47 Å². The second-order valence-electron chi connectivity index (χ2n) is 5.35. The van der Waals surface area contributed by atoms with E-state index in [1.54, 1.807) is 0 Å². The minimum atomic E-state index is 0.557. The molecule has 1 atom stereocenters. The first-order chi connectivity index (χ1) is 8.45. The molecule has 1 saturated heterocycles. The van der Waals surface area contributed by atoms with Crippen LogP contribution in [0.3, 0.4) is 0 Å². The van der Waals surface area contributed by atoms with Gasteiger partial charge in [-0.05, 0) is 38.6 Å². The molecule has 0 bridgehead atoms. The first kappa shape index (κ1) is 13.3. The van der Waals surface area contributed by atoms with E-state index in [4.69, 9.17) is 9.47 Å².